The number of carboxylic acids is 1. The molecule has 15 heteroatoms. The highest BCUT2D eigenvalue weighted by Crippen LogP contribution is 2.47. The third-order valence-electron chi connectivity index (χ3n) is 4.80. The van der Waals surface area contributed by atoms with Gasteiger partial charge in [-0.25, -0.2) is 9.59 Å². The van der Waals surface area contributed by atoms with Crippen molar-refractivity contribution in [2.45, 2.75) is 24.0 Å². The molecule has 6 N–H and O–H groups in total. The van der Waals surface area contributed by atoms with Gasteiger partial charge >= 0.3 is 18.0 Å². The fourth-order valence-corrected chi connectivity index (χ4v) is 5.60. The third kappa shape index (κ3) is 4.49. The Morgan fingerprint density at radius 2 is 2.15 bits per heavy atom. The molecule has 1 saturated heterocycles. The van der Waals surface area contributed by atoms with E-state index in [9.17, 15) is 33.9 Å². The van der Waals surface area contributed by atoms with Crippen LogP contribution >= 0.6 is 23.1 Å². The molecule has 0 bridgehead atoms. The molecule has 0 aliphatic carbocycles. The van der Waals surface area contributed by atoms with Crippen LogP contribution in [0.3, 0.4) is 0 Å². The topological polar surface area (TPSA) is 197 Å². The van der Waals surface area contributed by atoms with Crippen LogP contribution in [-0.2, 0) is 28.7 Å². The number of nitrogens with one attached hydrogen (secondary N) is 3. The van der Waals surface area contributed by atoms with Crippen LogP contribution in [-0.4, -0.2) is 69.6 Å². The molecule has 0 saturated carbocycles. The molecule has 2 aliphatic heterocycles. The van der Waals surface area contributed by atoms with Crippen molar-refractivity contribution in [1.29, 1.82) is 0 Å². The van der Waals surface area contributed by atoms with E-state index in [0.717, 1.165) is 23.6 Å². The first-order valence-electron chi connectivity index (χ1n) is 9.30. The second kappa shape index (κ2) is 9.50. The third-order valence-corrected chi connectivity index (χ3v) is 7.20. The van der Waals surface area contributed by atoms with E-state index in [1.165, 1.54) is 11.3 Å². The number of primary amides is 1. The lowest BCUT2D eigenvalue weighted by molar-refractivity contribution is -0.160. The van der Waals surface area contributed by atoms with E-state index in [4.69, 9.17) is 10.5 Å². The lowest BCUT2D eigenvalue weighted by Gasteiger charge is -2.58. The molecule has 0 radical (unpaired) electrons. The number of hydrogen-bond donors (Lipinski definition) is 5. The normalized spacial score (nSPS) is 22.4. The molecule has 33 heavy (non-hydrogen) atoms. The van der Waals surface area contributed by atoms with Crippen molar-refractivity contribution in [3.63, 3.8) is 0 Å². The molecule has 3 rings (SSSR count). The number of thioether (sulfide) groups is 1. The van der Waals surface area contributed by atoms with E-state index in [0.29, 0.717) is 4.88 Å². The minimum absolute atomic E-state index is 0.0141. The van der Waals surface area contributed by atoms with Crippen molar-refractivity contribution in [1.82, 2.24) is 20.9 Å². The SMILES string of the molecule is CC(=O)OCC1=C(C(=O)O)N2C(=O)[C@H](NC(=O)C(NC(N)=O)c3cccs3)C2(NC=O)SC1. The first-order valence-corrected chi connectivity index (χ1v) is 11.2. The molecule has 3 atom stereocenters. The Morgan fingerprint density at radius 1 is 1.42 bits per heavy atom. The van der Waals surface area contributed by atoms with Crippen molar-refractivity contribution in [3.8, 4) is 0 Å². The maximum absolute atomic E-state index is 13.0. The summed E-state index contributed by atoms with van der Waals surface area (Å²) in [4.78, 5) is 71.4. The number of nitrogens with zero attached hydrogens (tertiary/aromatic N) is 1. The monoisotopic (exact) mass is 497 g/mol. The number of β-lactam (4-membered cyclic amide) rings is 1. The number of carbonyl (C=O) groups is 6. The number of rotatable bonds is 9. The average Bonchev–Trinajstić information content (AvgIpc) is 3.28. The number of nitrogens with two attached hydrogens (primary N) is 1. The second-order valence-corrected chi connectivity index (χ2v) is 9.04. The Bertz CT molecular complexity index is 1040. The second-order valence-electron chi connectivity index (χ2n) is 6.86. The van der Waals surface area contributed by atoms with Crippen LogP contribution in [0.1, 0.15) is 17.8 Å². The number of carbonyl (C=O) groups excluding carboxylic acids is 5. The first-order chi connectivity index (χ1) is 15.6. The Labute approximate surface area is 194 Å². The van der Waals surface area contributed by atoms with Gasteiger partial charge in [0, 0.05) is 23.1 Å². The van der Waals surface area contributed by atoms with Crippen LogP contribution in [0.15, 0.2) is 28.8 Å². The van der Waals surface area contributed by atoms with Crippen LogP contribution in [0.4, 0.5) is 4.79 Å². The minimum Gasteiger partial charge on any atom is -0.477 e. The standard InChI is InChI=1S/C18H19N5O8S2/c1-8(25)31-5-9-6-33-18(20-7-24)13(15(27)23(18)12(9)16(28)29)22-14(26)11(21-17(19)30)10-3-2-4-32-10/h2-4,7,11,13H,5-6H2,1H3,(H,20,24)(H,22,26)(H,28,29)(H3,19,21,30)/t11?,13-,18?/m0/s1. The van der Waals surface area contributed by atoms with E-state index in [1.54, 1.807) is 17.5 Å². The van der Waals surface area contributed by atoms with E-state index in [2.05, 4.69) is 16.0 Å². The number of aliphatic carboxylic acids is 1. The van der Waals surface area contributed by atoms with Crippen molar-refractivity contribution in [2.24, 2.45) is 5.73 Å². The predicted octanol–water partition coefficient (Wildman–Crippen LogP) is -1.17. The number of urea groups is 1. The number of hydrogen-bond acceptors (Lipinski definition) is 9. The van der Waals surface area contributed by atoms with Gasteiger partial charge in [-0.3, -0.25) is 24.1 Å². The Hall–Kier alpha value is -3.59. The number of esters is 1. The fraction of sp³-hybridized carbons (Fsp3) is 0.333. The van der Waals surface area contributed by atoms with Gasteiger partial charge in [-0.15, -0.1) is 23.1 Å². The summed E-state index contributed by atoms with van der Waals surface area (Å²) in [6, 6.07) is -0.285. The van der Waals surface area contributed by atoms with E-state index < -0.39 is 52.6 Å². The van der Waals surface area contributed by atoms with Gasteiger partial charge < -0.3 is 31.5 Å². The van der Waals surface area contributed by atoms with Gasteiger partial charge in [0.15, 0.2) is 11.0 Å². The van der Waals surface area contributed by atoms with Crippen LogP contribution in [0.2, 0.25) is 0 Å². The Kier molecular flexibility index (Phi) is 6.92. The molecule has 2 aliphatic rings. The number of amides is 5. The average molecular weight is 498 g/mol. The predicted molar refractivity (Wildman–Crippen MR) is 114 cm³/mol. The highest BCUT2D eigenvalue weighted by atomic mass is 32.2. The summed E-state index contributed by atoms with van der Waals surface area (Å²) in [5.74, 6) is -3.72. The molecule has 176 valence electrons. The summed E-state index contributed by atoms with van der Waals surface area (Å²) in [6.07, 6.45) is 0.278. The molecule has 1 fully saturated rings. The van der Waals surface area contributed by atoms with Gasteiger partial charge in [-0.05, 0) is 11.4 Å². The zero-order valence-electron chi connectivity index (χ0n) is 17.0. The fourth-order valence-electron chi connectivity index (χ4n) is 3.44. The molecule has 1 aromatic rings. The summed E-state index contributed by atoms with van der Waals surface area (Å²) in [5.41, 5.74) is 4.86. The zero-order valence-corrected chi connectivity index (χ0v) is 18.7. The molecule has 3 heterocycles. The van der Waals surface area contributed by atoms with Crippen molar-refractivity contribution in [3.05, 3.63) is 33.7 Å². The van der Waals surface area contributed by atoms with Crippen LogP contribution < -0.4 is 21.7 Å². The molecule has 2 unspecified atom stereocenters. The minimum atomic E-state index is -1.63. The van der Waals surface area contributed by atoms with Gasteiger partial charge in [-0.1, -0.05) is 6.07 Å². The van der Waals surface area contributed by atoms with Gasteiger partial charge in [0.2, 0.25) is 12.3 Å². The maximum Gasteiger partial charge on any atom is 0.352 e. The lowest BCUT2D eigenvalue weighted by atomic mass is 9.97. The van der Waals surface area contributed by atoms with Gasteiger partial charge in [0.1, 0.15) is 18.3 Å². The Balaban J connectivity index is 1.91. The van der Waals surface area contributed by atoms with Crippen LogP contribution in [0, 0.1) is 0 Å². The molecule has 1 aromatic heterocycles. The first kappa shape index (κ1) is 24.1. The van der Waals surface area contributed by atoms with E-state index >= 15 is 0 Å². The van der Waals surface area contributed by atoms with E-state index in [-0.39, 0.29) is 24.3 Å². The highest BCUT2D eigenvalue weighted by molar-refractivity contribution is 8.01. The highest BCUT2D eigenvalue weighted by Gasteiger charge is 2.66. The van der Waals surface area contributed by atoms with Crippen LogP contribution in [0.5, 0.6) is 0 Å². The molecule has 13 nitrogen and oxygen atoms in total. The van der Waals surface area contributed by atoms with Gasteiger partial charge in [0.25, 0.3) is 5.91 Å². The van der Waals surface area contributed by atoms with Crippen LogP contribution in [0.25, 0.3) is 0 Å². The van der Waals surface area contributed by atoms with Crippen molar-refractivity contribution >= 4 is 59.3 Å². The summed E-state index contributed by atoms with van der Waals surface area (Å²) < 4.78 is 4.88. The molecular weight excluding hydrogens is 478 g/mol. The molecule has 5 amide bonds. The largest absolute Gasteiger partial charge is 0.477 e. The summed E-state index contributed by atoms with van der Waals surface area (Å²) in [6.45, 7) is 0.796. The molecular formula is C18H19N5O8S2. The van der Waals surface area contributed by atoms with Gasteiger partial charge in [-0.2, -0.15) is 0 Å². The number of ether oxygens (including phenoxy) is 1. The number of fused-ring (bicyclic) bond motifs is 1. The van der Waals surface area contributed by atoms with Gasteiger partial charge in [0.05, 0.1) is 0 Å². The van der Waals surface area contributed by atoms with Crippen molar-refractivity contribution < 1.29 is 38.6 Å². The smallest absolute Gasteiger partial charge is 0.352 e. The van der Waals surface area contributed by atoms with E-state index in [1.807, 2.05) is 0 Å². The Morgan fingerprint density at radius 3 is 2.70 bits per heavy atom. The summed E-state index contributed by atoms with van der Waals surface area (Å²) >= 11 is 2.14. The molecule has 0 spiro atoms. The number of thiophene rings is 1. The quantitative estimate of drug-likeness (QED) is 0.159. The summed E-state index contributed by atoms with van der Waals surface area (Å²) in [7, 11) is 0. The lowest BCUT2D eigenvalue weighted by Crippen LogP contribution is -2.83. The summed E-state index contributed by atoms with van der Waals surface area (Å²) in [5, 5.41) is 18.6. The van der Waals surface area contributed by atoms with Crippen molar-refractivity contribution in [2.75, 3.05) is 12.4 Å². The maximum atomic E-state index is 13.0. The molecule has 0 aromatic carbocycles. The number of carboxylic acid groups (broad SMARTS) is 1. The zero-order chi connectivity index (χ0) is 24.3.